The van der Waals surface area contributed by atoms with Crippen LogP contribution >= 0.6 is 0 Å². The second-order valence-corrected chi connectivity index (χ2v) is 7.72. The number of hydrogen-bond acceptors (Lipinski definition) is 8. The summed E-state index contributed by atoms with van der Waals surface area (Å²) >= 11 is 0. The molecule has 160 valence electrons. The molecule has 0 radical (unpaired) electrons. The molecule has 0 aliphatic carbocycles. The number of nitrogens with two attached hydrogens (primary N) is 1. The first-order valence-electron chi connectivity index (χ1n) is 9.89. The smallest absolute Gasteiger partial charge is 0.261 e. The molecule has 0 bridgehead atoms. The Kier molecular flexibility index (Phi) is 5.45. The summed E-state index contributed by atoms with van der Waals surface area (Å²) in [4.78, 5) is 17.2. The first-order valence-corrected chi connectivity index (χ1v) is 9.89. The molecule has 0 aliphatic heterocycles. The Morgan fingerprint density at radius 3 is 2.52 bits per heavy atom. The van der Waals surface area contributed by atoms with Crippen molar-refractivity contribution < 1.29 is 8.91 Å². The molecule has 0 amide bonds. The van der Waals surface area contributed by atoms with E-state index < -0.39 is 12.1 Å². The van der Waals surface area contributed by atoms with Crippen molar-refractivity contribution in [3.05, 3.63) is 54.5 Å². The molecule has 4 aromatic rings. The van der Waals surface area contributed by atoms with Crippen LogP contribution in [0.4, 0.5) is 10.3 Å². The molecule has 0 fully saturated rings. The van der Waals surface area contributed by atoms with Crippen LogP contribution in [-0.2, 0) is 12.0 Å². The summed E-state index contributed by atoms with van der Waals surface area (Å²) in [5, 5.41) is 8.36. The highest BCUT2D eigenvalue weighted by Crippen LogP contribution is 2.38. The van der Waals surface area contributed by atoms with Crippen molar-refractivity contribution in [2.24, 2.45) is 5.92 Å². The van der Waals surface area contributed by atoms with Crippen LogP contribution in [0.5, 0.6) is 0 Å². The van der Waals surface area contributed by atoms with Gasteiger partial charge in [-0.25, -0.2) is 14.4 Å². The van der Waals surface area contributed by atoms with Crippen LogP contribution in [0.25, 0.3) is 22.7 Å². The lowest BCUT2D eigenvalue weighted by atomic mass is 9.73. The summed E-state index contributed by atoms with van der Waals surface area (Å²) in [5.74, 6) is 1.26. The van der Waals surface area contributed by atoms with E-state index in [1.165, 1.54) is 4.68 Å². The molecule has 4 aromatic heterocycles. The number of nitrogens with zero attached hydrogens (tertiary/aromatic N) is 7. The van der Waals surface area contributed by atoms with Gasteiger partial charge in [-0.15, -0.1) is 0 Å². The molecular formula is C21H23FN8O. The first-order chi connectivity index (χ1) is 14.9. The average molecular weight is 422 g/mol. The summed E-state index contributed by atoms with van der Waals surface area (Å²) < 4.78 is 19.6. The molecule has 31 heavy (non-hydrogen) atoms. The van der Waals surface area contributed by atoms with E-state index in [9.17, 15) is 4.39 Å². The van der Waals surface area contributed by atoms with Crippen molar-refractivity contribution >= 4 is 5.95 Å². The third-order valence-electron chi connectivity index (χ3n) is 5.57. The maximum absolute atomic E-state index is 12.6. The van der Waals surface area contributed by atoms with Gasteiger partial charge >= 0.3 is 0 Å². The maximum Gasteiger partial charge on any atom is 0.261 e. The molecule has 10 heteroatoms. The van der Waals surface area contributed by atoms with E-state index in [2.05, 4.69) is 51.0 Å². The predicted molar refractivity (Wildman–Crippen MR) is 112 cm³/mol. The molecule has 0 saturated carbocycles. The zero-order valence-electron chi connectivity index (χ0n) is 17.5. The van der Waals surface area contributed by atoms with Crippen LogP contribution in [0.1, 0.15) is 32.2 Å². The van der Waals surface area contributed by atoms with E-state index >= 15 is 0 Å². The highest BCUT2D eigenvalue weighted by atomic mass is 19.1. The third-order valence-corrected chi connectivity index (χ3v) is 5.57. The standard InChI is InChI=1S/C21H23FN8O/c1-13(2)21(3,16-4-5-17(24-11-16)14-8-25-20(23)26-9-14)19-28-18(31-29-19)15-10-27-30(12-15)7-6-22/h4-5,8-13H,6-7H2,1-3H3,(H2,23,25,26). The summed E-state index contributed by atoms with van der Waals surface area (Å²) in [6.07, 6.45) is 8.36. The summed E-state index contributed by atoms with van der Waals surface area (Å²) in [6.45, 7) is 5.94. The highest BCUT2D eigenvalue weighted by molar-refractivity contribution is 5.58. The molecule has 0 aliphatic rings. The molecule has 9 nitrogen and oxygen atoms in total. The van der Waals surface area contributed by atoms with E-state index in [1.54, 1.807) is 31.0 Å². The number of alkyl halides is 1. The topological polar surface area (TPSA) is 121 Å². The Hall–Kier alpha value is -3.69. The van der Waals surface area contributed by atoms with E-state index in [0.29, 0.717) is 17.3 Å². The fourth-order valence-corrected chi connectivity index (χ4v) is 3.30. The zero-order chi connectivity index (χ0) is 22.0. The van der Waals surface area contributed by atoms with Crippen LogP contribution in [-0.4, -0.2) is 41.5 Å². The van der Waals surface area contributed by atoms with Crippen molar-refractivity contribution in [1.29, 1.82) is 0 Å². The Labute approximate surface area is 178 Å². The lowest BCUT2D eigenvalue weighted by molar-refractivity contribution is 0.350. The molecule has 4 heterocycles. The SMILES string of the molecule is CC(C)C(C)(c1ccc(-c2cnc(N)nc2)nc1)c1noc(-c2cnn(CCF)c2)n1. The average Bonchev–Trinajstić information content (AvgIpc) is 3.44. The molecule has 4 rings (SSSR count). The number of aryl methyl sites for hydroxylation is 1. The maximum atomic E-state index is 12.6. The monoisotopic (exact) mass is 422 g/mol. The van der Waals surface area contributed by atoms with Gasteiger partial charge in [-0.05, 0) is 24.5 Å². The lowest BCUT2D eigenvalue weighted by Gasteiger charge is -2.30. The van der Waals surface area contributed by atoms with E-state index in [1.807, 2.05) is 12.1 Å². The van der Waals surface area contributed by atoms with Crippen LogP contribution in [0, 0.1) is 5.92 Å². The quantitative estimate of drug-likeness (QED) is 0.481. The van der Waals surface area contributed by atoms with Gasteiger partial charge in [0.1, 0.15) is 6.67 Å². The number of rotatable bonds is 7. The number of halogens is 1. The van der Waals surface area contributed by atoms with Crippen LogP contribution < -0.4 is 5.73 Å². The fraction of sp³-hybridized carbons (Fsp3) is 0.333. The van der Waals surface area contributed by atoms with E-state index in [4.69, 9.17) is 10.3 Å². The highest BCUT2D eigenvalue weighted by Gasteiger charge is 2.38. The van der Waals surface area contributed by atoms with Crippen LogP contribution in [0.3, 0.4) is 0 Å². The molecule has 0 spiro atoms. The number of nitrogen functional groups attached to an aromatic ring is 1. The van der Waals surface area contributed by atoms with Crippen molar-refractivity contribution in [2.45, 2.75) is 32.7 Å². The van der Waals surface area contributed by atoms with Crippen molar-refractivity contribution in [2.75, 3.05) is 12.4 Å². The summed E-state index contributed by atoms with van der Waals surface area (Å²) in [6, 6.07) is 3.90. The third kappa shape index (κ3) is 3.88. The van der Waals surface area contributed by atoms with Gasteiger partial charge in [-0.2, -0.15) is 10.1 Å². The van der Waals surface area contributed by atoms with Crippen molar-refractivity contribution in [3.63, 3.8) is 0 Å². The van der Waals surface area contributed by atoms with Gasteiger partial charge in [0, 0.05) is 30.4 Å². The zero-order valence-corrected chi connectivity index (χ0v) is 17.5. The van der Waals surface area contributed by atoms with Crippen molar-refractivity contribution in [3.8, 4) is 22.7 Å². The molecule has 1 unspecified atom stereocenters. The van der Waals surface area contributed by atoms with Gasteiger partial charge in [-0.3, -0.25) is 9.67 Å². The first kappa shape index (κ1) is 20.6. The second-order valence-electron chi connectivity index (χ2n) is 7.72. The molecule has 1 atom stereocenters. The summed E-state index contributed by atoms with van der Waals surface area (Å²) in [7, 11) is 0. The summed E-state index contributed by atoms with van der Waals surface area (Å²) in [5.41, 5.74) is 8.13. The molecule has 0 saturated heterocycles. The van der Waals surface area contributed by atoms with E-state index in [-0.39, 0.29) is 18.4 Å². The van der Waals surface area contributed by atoms with Gasteiger partial charge in [0.15, 0.2) is 5.82 Å². The Bertz CT molecular complexity index is 1150. The second kappa shape index (κ2) is 8.21. The molecule has 0 aromatic carbocycles. The lowest BCUT2D eigenvalue weighted by Crippen LogP contribution is -2.31. The fourth-order valence-electron chi connectivity index (χ4n) is 3.30. The number of pyridine rings is 1. The minimum absolute atomic E-state index is 0.153. The Balaban J connectivity index is 1.66. The largest absolute Gasteiger partial charge is 0.368 e. The number of anilines is 1. The van der Waals surface area contributed by atoms with Gasteiger partial charge in [0.05, 0.1) is 29.4 Å². The van der Waals surface area contributed by atoms with Gasteiger partial charge in [-0.1, -0.05) is 25.1 Å². The number of hydrogen-bond donors (Lipinski definition) is 1. The molecular weight excluding hydrogens is 399 g/mol. The normalized spacial score (nSPS) is 13.5. The van der Waals surface area contributed by atoms with Crippen LogP contribution in [0.15, 0.2) is 47.6 Å². The Morgan fingerprint density at radius 1 is 1.10 bits per heavy atom. The van der Waals surface area contributed by atoms with Gasteiger partial charge in [0.2, 0.25) is 5.95 Å². The van der Waals surface area contributed by atoms with Gasteiger partial charge in [0.25, 0.3) is 5.89 Å². The van der Waals surface area contributed by atoms with E-state index in [0.717, 1.165) is 16.8 Å². The van der Waals surface area contributed by atoms with Crippen LogP contribution in [0.2, 0.25) is 0 Å². The number of aromatic nitrogens is 7. The van der Waals surface area contributed by atoms with Crippen molar-refractivity contribution in [1.82, 2.24) is 34.9 Å². The minimum Gasteiger partial charge on any atom is -0.368 e. The Morgan fingerprint density at radius 2 is 1.87 bits per heavy atom. The molecule has 2 N–H and O–H groups in total. The predicted octanol–water partition coefficient (Wildman–Crippen LogP) is 3.30. The minimum atomic E-state index is -0.542. The van der Waals surface area contributed by atoms with Gasteiger partial charge < -0.3 is 10.3 Å².